The minimum absolute atomic E-state index is 0.0427. The van der Waals surface area contributed by atoms with Crippen LogP contribution in [0.5, 0.6) is 0 Å². The van der Waals surface area contributed by atoms with E-state index in [1.165, 1.54) is 36.0 Å². The number of nitrogens with one attached hydrogen (secondary N) is 1. The maximum Gasteiger partial charge on any atom is 0.271 e. The molecule has 0 saturated carbocycles. The maximum atomic E-state index is 13.6. The summed E-state index contributed by atoms with van der Waals surface area (Å²) in [5.74, 6) is -0.492. The zero-order valence-electron chi connectivity index (χ0n) is 12.1. The smallest absolute Gasteiger partial charge is 0.271 e. The average Bonchev–Trinajstić information content (AvgIpc) is 2.51. The third kappa shape index (κ3) is 5.09. The number of thioether (sulfide) groups is 1. The Kier molecular flexibility index (Phi) is 6.42. The fourth-order valence-corrected chi connectivity index (χ4v) is 2.94. The van der Waals surface area contributed by atoms with Gasteiger partial charge in [0.2, 0.25) is 5.91 Å². The van der Waals surface area contributed by atoms with E-state index in [0.29, 0.717) is 16.3 Å². The highest BCUT2D eigenvalue weighted by Crippen LogP contribution is 2.27. The van der Waals surface area contributed by atoms with Crippen molar-refractivity contribution in [3.05, 3.63) is 67.9 Å². The number of benzene rings is 2. The van der Waals surface area contributed by atoms with Crippen molar-refractivity contribution in [1.82, 2.24) is 0 Å². The molecule has 0 aromatic heterocycles. The summed E-state index contributed by atoms with van der Waals surface area (Å²) in [6, 6.07) is 8.11. The molecule has 24 heavy (non-hydrogen) atoms. The number of halogens is 3. The van der Waals surface area contributed by atoms with Crippen LogP contribution in [-0.2, 0) is 10.5 Å². The van der Waals surface area contributed by atoms with Crippen LogP contribution in [0.4, 0.5) is 15.8 Å². The highest BCUT2D eigenvalue weighted by molar-refractivity contribution is 7.99. The van der Waals surface area contributed by atoms with Crippen LogP contribution >= 0.6 is 35.0 Å². The third-order valence-corrected chi connectivity index (χ3v) is 4.49. The summed E-state index contributed by atoms with van der Waals surface area (Å²) >= 11 is 12.8. The highest BCUT2D eigenvalue weighted by atomic mass is 35.5. The first-order chi connectivity index (χ1) is 11.4. The van der Waals surface area contributed by atoms with Gasteiger partial charge in [0.1, 0.15) is 5.82 Å². The Morgan fingerprint density at radius 2 is 2.00 bits per heavy atom. The zero-order valence-corrected chi connectivity index (χ0v) is 14.4. The molecule has 0 unspecified atom stereocenters. The summed E-state index contributed by atoms with van der Waals surface area (Å²) in [5.41, 5.74) is 0.422. The molecular weight excluding hydrogens is 378 g/mol. The van der Waals surface area contributed by atoms with E-state index in [2.05, 4.69) is 5.32 Å². The second-order valence-electron chi connectivity index (χ2n) is 4.70. The lowest BCUT2D eigenvalue weighted by atomic mass is 10.2. The number of non-ortho nitro benzene ring substituents is 1. The van der Waals surface area contributed by atoms with Crippen molar-refractivity contribution >= 4 is 52.2 Å². The topological polar surface area (TPSA) is 72.2 Å². The van der Waals surface area contributed by atoms with Crippen LogP contribution in [0.3, 0.4) is 0 Å². The predicted octanol–water partition coefficient (Wildman–Crippen LogP) is 4.91. The van der Waals surface area contributed by atoms with Crippen molar-refractivity contribution in [2.75, 3.05) is 11.1 Å². The van der Waals surface area contributed by atoms with Crippen LogP contribution in [0.2, 0.25) is 10.0 Å². The summed E-state index contributed by atoms with van der Waals surface area (Å²) in [6.45, 7) is 0. The van der Waals surface area contributed by atoms with Gasteiger partial charge in [-0.15, -0.1) is 11.8 Å². The molecule has 1 amide bonds. The van der Waals surface area contributed by atoms with Gasteiger partial charge in [-0.2, -0.15) is 0 Å². The van der Waals surface area contributed by atoms with Crippen molar-refractivity contribution in [2.45, 2.75) is 5.75 Å². The van der Waals surface area contributed by atoms with Crippen molar-refractivity contribution in [3.8, 4) is 0 Å². The first-order valence-electron chi connectivity index (χ1n) is 6.62. The van der Waals surface area contributed by atoms with Crippen molar-refractivity contribution in [2.24, 2.45) is 0 Å². The number of nitrogens with zero attached hydrogens (tertiary/aromatic N) is 1. The molecule has 9 heteroatoms. The molecule has 0 aliphatic heterocycles. The normalized spacial score (nSPS) is 10.5. The molecule has 2 rings (SSSR count). The van der Waals surface area contributed by atoms with Gasteiger partial charge in [-0.3, -0.25) is 14.9 Å². The second-order valence-corrected chi connectivity index (χ2v) is 6.53. The van der Waals surface area contributed by atoms with Crippen molar-refractivity contribution in [1.29, 1.82) is 0 Å². The summed E-state index contributed by atoms with van der Waals surface area (Å²) < 4.78 is 13.6. The number of hydrogen-bond acceptors (Lipinski definition) is 4. The molecule has 0 aliphatic carbocycles. The zero-order chi connectivity index (χ0) is 17.7. The molecule has 0 spiro atoms. The Morgan fingerprint density at radius 3 is 2.67 bits per heavy atom. The summed E-state index contributed by atoms with van der Waals surface area (Å²) in [4.78, 5) is 22.1. The summed E-state index contributed by atoms with van der Waals surface area (Å²) in [6.07, 6.45) is 0. The molecular formula is C15H11Cl2FN2O3S. The van der Waals surface area contributed by atoms with Gasteiger partial charge in [0.15, 0.2) is 0 Å². The van der Waals surface area contributed by atoms with Gasteiger partial charge in [-0.05, 0) is 23.8 Å². The first-order valence-corrected chi connectivity index (χ1v) is 8.53. The molecule has 2 aromatic rings. The standard InChI is InChI=1S/C15H11Cl2FN2O3S/c16-10-2-1-9(13(18)5-10)7-24-8-15(21)19-14-6-11(20(22)23)3-4-12(14)17/h1-6H,7-8H2,(H,19,21). The number of hydrogen-bond donors (Lipinski definition) is 1. The number of anilines is 1. The quantitative estimate of drug-likeness (QED) is 0.563. The molecule has 2 aromatic carbocycles. The lowest BCUT2D eigenvalue weighted by molar-refractivity contribution is -0.384. The van der Waals surface area contributed by atoms with Gasteiger partial charge in [-0.25, -0.2) is 4.39 Å². The fraction of sp³-hybridized carbons (Fsp3) is 0.133. The number of carbonyl (C=O) groups is 1. The molecule has 0 atom stereocenters. The van der Waals surface area contributed by atoms with E-state index in [9.17, 15) is 19.3 Å². The number of carbonyl (C=O) groups excluding carboxylic acids is 1. The molecule has 0 heterocycles. The van der Waals surface area contributed by atoms with Gasteiger partial charge in [0.25, 0.3) is 5.69 Å². The molecule has 0 aliphatic rings. The summed E-state index contributed by atoms with van der Waals surface area (Å²) in [5, 5.41) is 13.7. The van der Waals surface area contributed by atoms with Crippen LogP contribution in [0.15, 0.2) is 36.4 Å². The van der Waals surface area contributed by atoms with Crippen molar-refractivity contribution in [3.63, 3.8) is 0 Å². The minimum Gasteiger partial charge on any atom is -0.324 e. The van der Waals surface area contributed by atoms with Crippen LogP contribution < -0.4 is 5.32 Å². The highest BCUT2D eigenvalue weighted by Gasteiger charge is 2.12. The van der Waals surface area contributed by atoms with Gasteiger partial charge >= 0.3 is 0 Å². The van der Waals surface area contributed by atoms with E-state index in [0.717, 1.165) is 0 Å². The van der Waals surface area contributed by atoms with Gasteiger partial charge in [0.05, 0.1) is 21.4 Å². The maximum absolute atomic E-state index is 13.6. The predicted molar refractivity (Wildman–Crippen MR) is 94.3 cm³/mol. The molecule has 126 valence electrons. The number of amides is 1. The van der Waals surface area contributed by atoms with Crippen molar-refractivity contribution < 1.29 is 14.1 Å². The third-order valence-electron chi connectivity index (χ3n) is 2.94. The number of nitro groups is 1. The van der Waals surface area contributed by atoms with Gasteiger partial charge in [0, 0.05) is 22.9 Å². The number of rotatable bonds is 6. The Labute approximate surface area is 151 Å². The Bertz CT molecular complexity index is 789. The monoisotopic (exact) mass is 388 g/mol. The Hall–Kier alpha value is -1.83. The molecule has 0 radical (unpaired) electrons. The summed E-state index contributed by atoms with van der Waals surface area (Å²) in [7, 11) is 0. The molecule has 5 nitrogen and oxygen atoms in total. The van der Waals surface area contributed by atoms with Crippen LogP contribution in [0.25, 0.3) is 0 Å². The molecule has 0 bridgehead atoms. The van der Waals surface area contributed by atoms with E-state index < -0.39 is 16.6 Å². The van der Waals surface area contributed by atoms with E-state index in [4.69, 9.17) is 23.2 Å². The molecule has 0 fully saturated rings. The molecule has 1 N–H and O–H groups in total. The van der Waals surface area contributed by atoms with Crippen LogP contribution in [0, 0.1) is 15.9 Å². The lowest BCUT2D eigenvalue weighted by Crippen LogP contribution is -2.14. The molecule has 0 saturated heterocycles. The largest absolute Gasteiger partial charge is 0.324 e. The fourth-order valence-electron chi connectivity index (χ4n) is 1.80. The lowest BCUT2D eigenvalue weighted by Gasteiger charge is -2.07. The Balaban J connectivity index is 1.92. The van der Waals surface area contributed by atoms with E-state index in [-0.39, 0.29) is 22.2 Å². The first kappa shape index (κ1) is 18.5. The number of nitro benzene ring substituents is 1. The van der Waals surface area contributed by atoms with Crippen LogP contribution in [0.1, 0.15) is 5.56 Å². The minimum atomic E-state index is -0.579. The second kappa shape index (κ2) is 8.32. The SMILES string of the molecule is O=C(CSCc1ccc(Cl)cc1F)Nc1cc([N+](=O)[O-])ccc1Cl. The van der Waals surface area contributed by atoms with E-state index in [1.54, 1.807) is 12.1 Å². The van der Waals surface area contributed by atoms with Gasteiger partial charge in [-0.1, -0.05) is 29.3 Å². The van der Waals surface area contributed by atoms with E-state index >= 15 is 0 Å². The van der Waals surface area contributed by atoms with E-state index in [1.807, 2.05) is 0 Å². The average molecular weight is 389 g/mol. The Morgan fingerprint density at radius 1 is 1.25 bits per heavy atom. The van der Waals surface area contributed by atoms with Crippen LogP contribution in [-0.4, -0.2) is 16.6 Å². The van der Waals surface area contributed by atoms with Gasteiger partial charge < -0.3 is 5.32 Å².